The van der Waals surface area contributed by atoms with Gasteiger partial charge >= 0.3 is 0 Å². The Kier molecular flexibility index (Phi) is 3.58. The SMILES string of the molecule is CNc1ncc(Br)cc1S(=O)(=O)Nc1ccc[nH]1. The molecule has 2 rings (SSSR count). The second-order valence-corrected chi connectivity index (χ2v) is 6.01. The van der Waals surface area contributed by atoms with E-state index in [0.717, 1.165) is 0 Å². The summed E-state index contributed by atoms with van der Waals surface area (Å²) in [6.07, 6.45) is 3.16. The molecule has 18 heavy (non-hydrogen) atoms. The summed E-state index contributed by atoms with van der Waals surface area (Å²) < 4.78 is 27.4. The van der Waals surface area contributed by atoms with Crippen LogP contribution in [0.2, 0.25) is 0 Å². The van der Waals surface area contributed by atoms with Gasteiger partial charge in [-0.3, -0.25) is 4.72 Å². The zero-order valence-electron chi connectivity index (χ0n) is 9.44. The minimum absolute atomic E-state index is 0.0778. The summed E-state index contributed by atoms with van der Waals surface area (Å²) in [6, 6.07) is 4.82. The van der Waals surface area contributed by atoms with Gasteiger partial charge in [0, 0.05) is 23.9 Å². The van der Waals surface area contributed by atoms with Gasteiger partial charge in [0.2, 0.25) is 0 Å². The van der Waals surface area contributed by atoms with Crippen molar-refractivity contribution >= 4 is 37.6 Å². The van der Waals surface area contributed by atoms with Crippen molar-refractivity contribution in [1.29, 1.82) is 0 Å². The molecule has 0 aliphatic heterocycles. The highest BCUT2D eigenvalue weighted by Crippen LogP contribution is 2.24. The summed E-state index contributed by atoms with van der Waals surface area (Å²) >= 11 is 3.21. The van der Waals surface area contributed by atoms with Crippen LogP contribution in [0, 0.1) is 0 Å². The van der Waals surface area contributed by atoms with Crippen LogP contribution in [0.25, 0.3) is 0 Å². The summed E-state index contributed by atoms with van der Waals surface area (Å²) in [5.41, 5.74) is 0. The standard InChI is InChI=1S/C10H11BrN4O2S/c1-12-10-8(5-7(11)6-14-10)18(16,17)15-9-3-2-4-13-9/h2-6,13,15H,1H3,(H,12,14). The van der Waals surface area contributed by atoms with E-state index in [1.165, 1.54) is 12.3 Å². The van der Waals surface area contributed by atoms with Gasteiger partial charge in [0.05, 0.1) is 0 Å². The van der Waals surface area contributed by atoms with E-state index < -0.39 is 10.0 Å². The highest BCUT2D eigenvalue weighted by Gasteiger charge is 2.20. The lowest BCUT2D eigenvalue weighted by Crippen LogP contribution is -2.15. The smallest absolute Gasteiger partial charge is 0.266 e. The van der Waals surface area contributed by atoms with Crippen molar-refractivity contribution in [1.82, 2.24) is 9.97 Å². The normalized spacial score (nSPS) is 11.2. The number of pyridine rings is 1. The molecule has 96 valence electrons. The first-order valence-corrected chi connectivity index (χ1v) is 7.30. The van der Waals surface area contributed by atoms with E-state index in [1.807, 2.05) is 0 Å². The molecule has 2 aromatic rings. The number of nitrogens with one attached hydrogen (secondary N) is 3. The van der Waals surface area contributed by atoms with E-state index >= 15 is 0 Å². The Labute approximate surface area is 113 Å². The first-order chi connectivity index (χ1) is 8.53. The number of hydrogen-bond acceptors (Lipinski definition) is 4. The van der Waals surface area contributed by atoms with Gasteiger partial charge in [-0.1, -0.05) is 0 Å². The maximum Gasteiger partial charge on any atom is 0.266 e. The second-order valence-electron chi connectivity index (χ2n) is 3.44. The Bertz CT molecular complexity index is 640. The lowest BCUT2D eigenvalue weighted by atomic mass is 10.4. The topological polar surface area (TPSA) is 86.9 Å². The lowest BCUT2D eigenvalue weighted by Gasteiger charge is -2.10. The molecule has 0 fully saturated rings. The number of rotatable bonds is 4. The zero-order chi connectivity index (χ0) is 13.2. The van der Waals surface area contributed by atoms with Gasteiger partial charge in [0.25, 0.3) is 10.0 Å². The van der Waals surface area contributed by atoms with Crippen LogP contribution in [0.4, 0.5) is 11.6 Å². The Morgan fingerprint density at radius 3 is 2.83 bits per heavy atom. The molecule has 2 aromatic heterocycles. The van der Waals surface area contributed by atoms with Crippen LogP contribution in [0.15, 0.2) is 40.0 Å². The average Bonchev–Trinajstić information content (AvgIpc) is 2.81. The molecule has 3 N–H and O–H groups in total. The zero-order valence-corrected chi connectivity index (χ0v) is 11.8. The molecule has 0 aliphatic rings. The molecule has 0 aromatic carbocycles. The molecule has 0 atom stereocenters. The molecule has 0 spiro atoms. The first kappa shape index (κ1) is 12.9. The number of hydrogen-bond donors (Lipinski definition) is 3. The Balaban J connectivity index is 2.43. The molecule has 0 bridgehead atoms. The molecule has 0 amide bonds. The number of sulfonamides is 1. The van der Waals surface area contributed by atoms with Gasteiger partial charge in [-0.05, 0) is 34.1 Å². The van der Waals surface area contributed by atoms with Crippen LogP contribution in [0.5, 0.6) is 0 Å². The molecule has 0 unspecified atom stereocenters. The summed E-state index contributed by atoms with van der Waals surface area (Å²) in [6.45, 7) is 0. The largest absolute Gasteiger partial charge is 0.372 e. The van der Waals surface area contributed by atoms with Crippen molar-refractivity contribution < 1.29 is 8.42 Å². The predicted octanol–water partition coefficient (Wildman–Crippen LogP) is 2.01. The number of nitrogens with zero attached hydrogens (tertiary/aromatic N) is 1. The first-order valence-electron chi connectivity index (χ1n) is 5.02. The van der Waals surface area contributed by atoms with E-state index in [0.29, 0.717) is 10.3 Å². The average molecular weight is 331 g/mol. The Morgan fingerprint density at radius 2 is 2.22 bits per heavy atom. The van der Waals surface area contributed by atoms with Crippen molar-refractivity contribution in [3.63, 3.8) is 0 Å². The van der Waals surface area contributed by atoms with E-state index in [-0.39, 0.29) is 10.7 Å². The van der Waals surface area contributed by atoms with E-state index in [4.69, 9.17) is 0 Å². The Hall–Kier alpha value is -1.54. The number of halogens is 1. The molecule has 2 heterocycles. The minimum Gasteiger partial charge on any atom is -0.372 e. The van der Waals surface area contributed by atoms with E-state index in [2.05, 4.69) is 35.9 Å². The van der Waals surface area contributed by atoms with Crippen LogP contribution >= 0.6 is 15.9 Å². The van der Waals surface area contributed by atoms with Crippen molar-refractivity contribution in [2.24, 2.45) is 0 Å². The van der Waals surface area contributed by atoms with Gasteiger partial charge in [0.1, 0.15) is 16.5 Å². The molecular weight excluding hydrogens is 320 g/mol. The summed E-state index contributed by atoms with van der Waals surface area (Å²) in [4.78, 5) is 6.85. The number of aromatic nitrogens is 2. The maximum absolute atomic E-state index is 12.2. The third-order valence-electron chi connectivity index (χ3n) is 2.19. The van der Waals surface area contributed by atoms with Gasteiger partial charge in [-0.25, -0.2) is 13.4 Å². The fourth-order valence-corrected chi connectivity index (χ4v) is 3.11. The maximum atomic E-state index is 12.2. The van der Waals surface area contributed by atoms with E-state index in [9.17, 15) is 8.42 Å². The molecule has 0 radical (unpaired) electrons. The summed E-state index contributed by atoms with van der Waals surface area (Å²) in [5, 5.41) is 2.75. The second kappa shape index (κ2) is 4.99. The fraction of sp³-hybridized carbons (Fsp3) is 0.100. The predicted molar refractivity (Wildman–Crippen MR) is 73.1 cm³/mol. The van der Waals surface area contributed by atoms with Crippen LogP contribution in [-0.4, -0.2) is 25.4 Å². The monoisotopic (exact) mass is 330 g/mol. The summed E-state index contributed by atoms with van der Waals surface area (Å²) in [5.74, 6) is 0.689. The molecule has 0 saturated carbocycles. The van der Waals surface area contributed by atoms with Crippen LogP contribution in [-0.2, 0) is 10.0 Å². The summed E-state index contributed by atoms with van der Waals surface area (Å²) in [7, 11) is -2.07. The molecule has 8 heteroatoms. The van der Waals surface area contributed by atoms with Crippen LogP contribution in [0.1, 0.15) is 0 Å². The van der Waals surface area contributed by atoms with Crippen molar-refractivity contribution in [2.45, 2.75) is 4.90 Å². The van der Waals surface area contributed by atoms with Gasteiger partial charge in [0.15, 0.2) is 0 Å². The lowest BCUT2D eigenvalue weighted by molar-refractivity contribution is 0.601. The number of anilines is 2. The van der Waals surface area contributed by atoms with Crippen LogP contribution in [0.3, 0.4) is 0 Å². The van der Waals surface area contributed by atoms with Crippen molar-refractivity contribution in [3.8, 4) is 0 Å². The van der Waals surface area contributed by atoms with E-state index in [1.54, 1.807) is 25.4 Å². The molecular formula is C10H11BrN4O2S. The highest BCUT2D eigenvalue weighted by molar-refractivity contribution is 9.10. The number of H-pyrrole nitrogens is 1. The number of aromatic amines is 1. The van der Waals surface area contributed by atoms with Crippen molar-refractivity contribution in [2.75, 3.05) is 17.1 Å². The molecule has 0 saturated heterocycles. The fourth-order valence-electron chi connectivity index (χ4n) is 1.41. The third kappa shape index (κ3) is 2.65. The quantitative estimate of drug-likeness (QED) is 0.800. The molecule has 0 aliphatic carbocycles. The van der Waals surface area contributed by atoms with Crippen molar-refractivity contribution in [3.05, 3.63) is 35.1 Å². The van der Waals surface area contributed by atoms with Crippen LogP contribution < -0.4 is 10.0 Å². The van der Waals surface area contributed by atoms with Gasteiger partial charge < -0.3 is 10.3 Å². The Morgan fingerprint density at radius 1 is 1.44 bits per heavy atom. The molecule has 6 nitrogen and oxygen atoms in total. The third-order valence-corrected chi connectivity index (χ3v) is 4.00. The minimum atomic E-state index is -3.68. The van der Waals surface area contributed by atoms with Gasteiger partial charge in [-0.2, -0.15) is 0 Å². The highest BCUT2D eigenvalue weighted by atomic mass is 79.9. The van der Waals surface area contributed by atoms with Gasteiger partial charge in [-0.15, -0.1) is 0 Å².